The number of rotatable bonds is 0. The van der Waals surface area contributed by atoms with Crippen LogP contribution in [0.25, 0.3) is 0 Å². The van der Waals surface area contributed by atoms with E-state index < -0.39 is 0 Å². The summed E-state index contributed by atoms with van der Waals surface area (Å²) in [6.07, 6.45) is 11.3. The highest BCUT2D eigenvalue weighted by molar-refractivity contribution is 4.91. The predicted octanol–water partition coefficient (Wildman–Crippen LogP) is 3.20. The molecule has 0 amide bonds. The highest BCUT2D eigenvalue weighted by atomic mass is 16.6. The third-order valence-corrected chi connectivity index (χ3v) is 6.08. The minimum Gasteiger partial charge on any atom is -0.376 e. The fraction of sp³-hybridized carbons (Fsp3) is 1.00. The van der Waals surface area contributed by atoms with E-state index in [0.717, 1.165) is 26.4 Å². The van der Waals surface area contributed by atoms with E-state index in [1.807, 2.05) is 0 Å². The number of hydrogen-bond acceptors (Lipinski definition) is 5. The minimum atomic E-state index is 0. The standard InChI is InChI=1S/C7H12O2.C6H10O3.C6H10.CH4/c1-2-6-7(3-1)9-5-4-8-6;1-2-9-6-4-7-3-5(6)8-1;1-2-5-4-6(5)3-1;/h6-7H,1-5H2;5-6H,1-4H2;5-6H,1-4H2;1H4. The molecule has 6 rings (SSSR count). The molecule has 3 saturated heterocycles. The summed E-state index contributed by atoms with van der Waals surface area (Å²) in [5, 5.41) is 0. The first-order valence-electron chi connectivity index (χ1n) is 9.94. The number of ether oxygens (including phenoxy) is 5. The molecule has 0 aromatic rings. The number of fused-ring (bicyclic) bond motifs is 3. The van der Waals surface area contributed by atoms with Gasteiger partial charge in [0.2, 0.25) is 0 Å². The topological polar surface area (TPSA) is 46.2 Å². The molecule has 6 atom stereocenters. The zero-order chi connectivity index (χ0) is 16.2. The van der Waals surface area contributed by atoms with Crippen LogP contribution in [0.2, 0.25) is 0 Å². The zero-order valence-electron chi connectivity index (χ0n) is 14.7. The van der Waals surface area contributed by atoms with Crippen LogP contribution >= 0.6 is 0 Å². The monoisotopic (exact) mass is 356 g/mol. The summed E-state index contributed by atoms with van der Waals surface area (Å²) in [4.78, 5) is 0. The Morgan fingerprint density at radius 2 is 0.960 bits per heavy atom. The molecule has 3 aliphatic carbocycles. The Kier molecular flexibility index (Phi) is 7.55. The Morgan fingerprint density at radius 1 is 0.520 bits per heavy atom. The Morgan fingerprint density at radius 3 is 1.36 bits per heavy atom. The summed E-state index contributed by atoms with van der Waals surface area (Å²) >= 11 is 0. The van der Waals surface area contributed by atoms with Gasteiger partial charge in [0.1, 0.15) is 12.2 Å². The highest BCUT2D eigenvalue weighted by Crippen LogP contribution is 2.51. The molecule has 3 aliphatic heterocycles. The van der Waals surface area contributed by atoms with Crippen molar-refractivity contribution < 1.29 is 23.7 Å². The first-order valence-corrected chi connectivity index (χ1v) is 9.94. The van der Waals surface area contributed by atoms with Crippen molar-refractivity contribution in [2.75, 3.05) is 39.6 Å². The molecule has 0 N–H and O–H groups in total. The van der Waals surface area contributed by atoms with Crippen molar-refractivity contribution in [2.45, 2.75) is 76.8 Å². The van der Waals surface area contributed by atoms with Crippen LogP contribution in [-0.2, 0) is 23.7 Å². The maximum absolute atomic E-state index is 5.48. The fourth-order valence-corrected chi connectivity index (χ4v) is 4.56. The van der Waals surface area contributed by atoms with Gasteiger partial charge >= 0.3 is 0 Å². The Hall–Kier alpha value is -0.200. The van der Waals surface area contributed by atoms with Crippen LogP contribution in [0.1, 0.15) is 52.4 Å². The molecule has 146 valence electrons. The van der Waals surface area contributed by atoms with Crippen molar-refractivity contribution >= 4 is 0 Å². The van der Waals surface area contributed by atoms with Gasteiger partial charge in [-0.2, -0.15) is 0 Å². The average molecular weight is 357 g/mol. The fourth-order valence-electron chi connectivity index (χ4n) is 4.56. The summed E-state index contributed by atoms with van der Waals surface area (Å²) in [5.41, 5.74) is 0. The molecule has 0 spiro atoms. The first kappa shape index (κ1) is 19.6. The Bertz CT molecular complexity index is 332. The van der Waals surface area contributed by atoms with E-state index in [1.165, 1.54) is 37.5 Å². The summed E-state index contributed by atoms with van der Waals surface area (Å²) in [6, 6.07) is 0. The van der Waals surface area contributed by atoms with Gasteiger partial charge in [0.15, 0.2) is 0 Å². The lowest BCUT2D eigenvalue weighted by atomic mass is 10.2. The van der Waals surface area contributed by atoms with E-state index in [2.05, 4.69) is 0 Å². The zero-order valence-corrected chi connectivity index (χ0v) is 14.7. The third kappa shape index (κ3) is 5.39. The van der Waals surface area contributed by atoms with Crippen LogP contribution in [0.5, 0.6) is 0 Å². The summed E-state index contributed by atoms with van der Waals surface area (Å²) in [6.45, 7) is 4.49. The summed E-state index contributed by atoms with van der Waals surface area (Å²) in [7, 11) is 0. The second-order valence-electron chi connectivity index (χ2n) is 7.79. The van der Waals surface area contributed by atoms with Gasteiger partial charge in [-0.3, -0.25) is 0 Å². The minimum absolute atomic E-state index is 0. The van der Waals surface area contributed by atoms with Crippen molar-refractivity contribution in [3.8, 4) is 0 Å². The predicted molar refractivity (Wildman–Crippen MR) is 95.8 cm³/mol. The van der Waals surface area contributed by atoms with Crippen LogP contribution in [0, 0.1) is 11.8 Å². The molecular weight excluding hydrogens is 320 g/mol. The van der Waals surface area contributed by atoms with Gasteiger partial charge in [0, 0.05) is 0 Å². The Labute approximate surface area is 152 Å². The van der Waals surface area contributed by atoms with Gasteiger partial charge in [-0.05, 0) is 37.5 Å². The molecule has 3 heterocycles. The van der Waals surface area contributed by atoms with Crippen molar-refractivity contribution in [3.05, 3.63) is 0 Å². The van der Waals surface area contributed by atoms with Gasteiger partial charge in [-0.25, -0.2) is 0 Å². The molecule has 0 aromatic carbocycles. The van der Waals surface area contributed by atoms with Gasteiger partial charge in [0.25, 0.3) is 0 Å². The second kappa shape index (κ2) is 9.65. The largest absolute Gasteiger partial charge is 0.376 e. The van der Waals surface area contributed by atoms with Crippen LogP contribution in [-0.4, -0.2) is 64.1 Å². The highest BCUT2D eigenvalue weighted by Gasteiger charge is 2.40. The maximum Gasteiger partial charge on any atom is 0.109 e. The smallest absolute Gasteiger partial charge is 0.109 e. The quantitative estimate of drug-likeness (QED) is 0.667. The van der Waals surface area contributed by atoms with E-state index in [-0.39, 0.29) is 19.6 Å². The van der Waals surface area contributed by atoms with Crippen LogP contribution in [0.15, 0.2) is 0 Å². The molecule has 0 radical (unpaired) electrons. The van der Waals surface area contributed by atoms with Crippen LogP contribution in [0.3, 0.4) is 0 Å². The lowest BCUT2D eigenvalue weighted by Crippen LogP contribution is -2.36. The van der Waals surface area contributed by atoms with Crippen LogP contribution < -0.4 is 0 Å². The normalized spacial score (nSPS) is 43.2. The van der Waals surface area contributed by atoms with Crippen molar-refractivity contribution in [2.24, 2.45) is 11.8 Å². The molecule has 6 unspecified atom stereocenters. The van der Waals surface area contributed by atoms with E-state index in [9.17, 15) is 0 Å². The molecule has 0 bridgehead atoms. The molecular formula is C20H36O5. The molecule has 6 fully saturated rings. The first-order chi connectivity index (χ1) is 11.9. The number of hydrogen-bond donors (Lipinski definition) is 0. The van der Waals surface area contributed by atoms with Gasteiger partial charge in [0.05, 0.1) is 51.8 Å². The third-order valence-electron chi connectivity index (χ3n) is 6.08. The van der Waals surface area contributed by atoms with Gasteiger partial charge < -0.3 is 23.7 Å². The van der Waals surface area contributed by atoms with E-state index >= 15 is 0 Å². The van der Waals surface area contributed by atoms with Crippen molar-refractivity contribution in [3.63, 3.8) is 0 Å². The van der Waals surface area contributed by atoms with Crippen molar-refractivity contribution in [1.82, 2.24) is 0 Å². The second-order valence-corrected chi connectivity index (χ2v) is 7.79. The van der Waals surface area contributed by atoms with E-state index in [4.69, 9.17) is 23.7 Å². The van der Waals surface area contributed by atoms with Crippen LogP contribution in [0.4, 0.5) is 0 Å². The average Bonchev–Trinajstić information content (AvgIpc) is 3.11. The van der Waals surface area contributed by atoms with Gasteiger partial charge in [-0.15, -0.1) is 0 Å². The molecule has 5 heteroatoms. The van der Waals surface area contributed by atoms with Crippen molar-refractivity contribution in [1.29, 1.82) is 0 Å². The molecule has 25 heavy (non-hydrogen) atoms. The molecule has 0 aromatic heterocycles. The molecule has 6 aliphatic rings. The SMILES string of the molecule is C.C1CC2CC2C1.C1CC2OCCOC2C1.C1COC2COCC2O1. The molecule has 5 nitrogen and oxygen atoms in total. The lowest BCUT2D eigenvalue weighted by molar-refractivity contribution is -0.124. The molecule has 3 saturated carbocycles. The van der Waals surface area contributed by atoms with Gasteiger partial charge in [-0.1, -0.05) is 26.7 Å². The Balaban J connectivity index is 0.000000109. The lowest BCUT2D eigenvalue weighted by Gasteiger charge is -2.25. The summed E-state index contributed by atoms with van der Waals surface area (Å²) in [5.74, 6) is 2.43. The van der Waals surface area contributed by atoms with E-state index in [1.54, 1.807) is 19.3 Å². The maximum atomic E-state index is 5.48. The summed E-state index contributed by atoms with van der Waals surface area (Å²) < 4.78 is 26.8. The van der Waals surface area contributed by atoms with E-state index in [0.29, 0.717) is 25.4 Å².